The van der Waals surface area contributed by atoms with Crippen LogP contribution in [0.2, 0.25) is 0 Å². The van der Waals surface area contributed by atoms with Crippen molar-refractivity contribution in [3.05, 3.63) is 64.0 Å². The van der Waals surface area contributed by atoms with E-state index in [2.05, 4.69) is 5.32 Å². The van der Waals surface area contributed by atoms with E-state index >= 15 is 0 Å². The summed E-state index contributed by atoms with van der Waals surface area (Å²) in [5.74, 6) is -1.18. The first-order chi connectivity index (χ1) is 14.8. The highest BCUT2D eigenvalue weighted by Crippen LogP contribution is 2.31. The van der Waals surface area contributed by atoms with E-state index in [0.717, 1.165) is 12.1 Å². The first kappa shape index (κ1) is 22.6. The number of nitrogens with zero attached hydrogens (tertiary/aromatic N) is 2. The van der Waals surface area contributed by atoms with Crippen LogP contribution in [-0.4, -0.2) is 56.5 Å². The van der Waals surface area contributed by atoms with Crippen molar-refractivity contribution in [3.8, 4) is 5.75 Å². The normalized spacial score (nSPS) is 14.7. The topological polar surface area (TPSA) is 128 Å². The molecule has 166 valence electrons. The summed E-state index contributed by atoms with van der Waals surface area (Å²) in [6.07, 6.45) is 0. The fourth-order valence-corrected chi connectivity index (χ4v) is 4.28. The number of carbonyl (C=O) groups is 1. The van der Waals surface area contributed by atoms with Gasteiger partial charge in [-0.1, -0.05) is 12.1 Å². The molecule has 1 aliphatic heterocycles. The zero-order valence-electron chi connectivity index (χ0n) is 16.3. The lowest BCUT2D eigenvalue weighted by atomic mass is 10.2. The second-order valence-corrected chi connectivity index (χ2v) is 8.53. The molecule has 3 rings (SSSR count). The van der Waals surface area contributed by atoms with Gasteiger partial charge in [-0.15, -0.1) is 0 Å². The Hall–Kier alpha value is -3.09. The number of hydrogen-bond donors (Lipinski definition) is 1. The lowest BCUT2D eigenvalue weighted by Gasteiger charge is -2.26. The predicted molar refractivity (Wildman–Crippen MR) is 106 cm³/mol. The molecule has 0 atom stereocenters. The van der Waals surface area contributed by atoms with Gasteiger partial charge in [0.15, 0.2) is 12.4 Å². The first-order valence-electron chi connectivity index (χ1n) is 9.27. The van der Waals surface area contributed by atoms with E-state index in [9.17, 15) is 27.7 Å². The maximum Gasteiger partial charge on any atom is 0.312 e. The van der Waals surface area contributed by atoms with Gasteiger partial charge >= 0.3 is 5.69 Å². The number of nitro benzene ring substituents is 1. The van der Waals surface area contributed by atoms with Crippen molar-refractivity contribution in [2.75, 3.05) is 32.9 Å². The Bertz CT molecular complexity index is 1050. The molecule has 1 heterocycles. The zero-order valence-corrected chi connectivity index (χ0v) is 17.1. The molecule has 1 aliphatic rings. The Kier molecular flexibility index (Phi) is 7.15. The Balaban J connectivity index is 1.66. The number of sulfonamides is 1. The Morgan fingerprint density at radius 3 is 2.52 bits per heavy atom. The lowest BCUT2D eigenvalue weighted by Crippen LogP contribution is -2.40. The zero-order chi connectivity index (χ0) is 22.4. The molecule has 31 heavy (non-hydrogen) atoms. The molecule has 12 heteroatoms. The molecule has 2 aromatic carbocycles. The third-order valence-electron chi connectivity index (χ3n) is 4.50. The highest BCUT2D eigenvalue weighted by molar-refractivity contribution is 7.89. The van der Waals surface area contributed by atoms with E-state index in [0.29, 0.717) is 5.56 Å². The molecule has 1 saturated heterocycles. The van der Waals surface area contributed by atoms with E-state index in [1.54, 1.807) is 0 Å². The maximum atomic E-state index is 12.9. The second kappa shape index (κ2) is 9.81. The van der Waals surface area contributed by atoms with Gasteiger partial charge in [-0.2, -0.15) is 4.31 Å². The van der Waals surface area contributed by atoms with Gasteiger partial charge < -0.3 is 14.8 Å². The van der Waals surface area contributed by atoms with Gasteiger partial charge in [0.25, 0.3) is 5.91 Å². The molecule has 0 spiro atoms. The van der Waals surface area contributed by atoms with Crippen molar-refractivity contribution in [3.63, 3.8) is 0 Å². The Morgan fingerprint density at radius 2 is 1.87 bits per heavy atom. The molecule has 0 saturated carbocycles. The van der Waals surface area contributed by atoms with Crippen LogP contribution in [0, 0.1) is 15.9 Å². The maximum absolute atomic E-state index is 12.9. The van der Waals surface area contributed by atoms with Gasteiger partial charge in [-0.05, 0) is 29.8 Å². The van der Waals surface area contributed by atoms with Gasteiger partial charge in [-0.3, -0.25) is 14.9 Å². The van der Waals surface area contributed by atoms with Gasteiger partial charge in [0.1, 0.15) is 5.82 Å². The molecule has 0 bridgehead atoms. The number of ether oxygens (including phenoxy) is 2. The second-order valence-electron chi connectivity index (χ2n) is 6.59. The molecule has 1 fully saturated rings. The van der Waals surface area contributed by atoms with Crippen molar-refractivity contribution in [1.29, 1.82) is 0 Å². The van der Waals surface area contributed by atoms with Crippen LogP contribution in [-0.2, 0) is 26.1 Å². The summed E-state index contributed by atoms with van der Waals surface area (Å²) in [4.78, 5) is 22.4. The molecule has 0 aliphatic carbocycles. The van der Waals surface area contributed by atoms with Crippen molar-refractivity contribution in [1.82, 2.24) is 9.62 Å². The molecular weight excluding hydrogens is 433 g/mol. The van der Waals surface area contributed by atoms with E-state index in [1.165, 1.54) is 34.6 Å². The van der Waals surface area contributed by atoms with Crippen molar-refractivity contribution in [2.24, 2.45) is 0 Å². The average Bonchev–Trinajstić information content (AvgIpc) is 2.77. The molecular formula is C19H20FN3O7S. The van der Waals surface area contributed by atoms with Crippen molar-refractivity contribution >= 4 is 21.6 Å². The third-order valence-corrected chi connectivity index (χ3v) is 6.39. The van der Waals surface area contributed by atoms with Crippen LogP contribution in [0.15, 0.2) is 47.4 Å². The van der Waals surface area contributed by atoms with Crippen LogP contribution in [0.25, 0.3) is 0 Å². The minimum atomic E-state index is -3.92. The SMILES string of the molecule is O=C(COc1ccc(S(=O)(=O)N2CCOCC2)cc1[N+](=O)[O-])NCc1ccc(F)cc1. The number of hydrogen-bond acceptors (Lipinski definition) is 7. The number of amides is 1. The Morgan fingerprint density at radius 1 is 1.19 bits per heavy atom. The van der Waals surface area contributed by atoms with Crippen molar-refractivity contribution < 1.29 is 32.0 Å². The smallest absolute Gasteiger partial charge is 0.312 e. The summed E-state index contributed by atoms with van der Waals surface area (Å²) >= 11 is 0. The van der Waals surface area contributed by atoms with Gasteiger partial charge in [0.05, 0.1) is 23.0 Å². The van der Waals surface area contributed by atoms with Gasteiger partial charge in [0, 0.05) is 25.7 Å². The Labute approximate surface area is 177 Å². The summed E-state index contributed by atoms with van der Waals surface area (Å²) in [5.41, 5.74) is 0.0964. The van der Waals surface area contributed by atoms with E-state index in [4.69, 9.17) is 9.47 Å². The van der Waals surface area contributed by atoms with E-state index < -0.39 is 39.0 Å². The minimum Gasteiger partial charge on any atom is -0.477 e. The quantitative estimate of drug-likeness (QED) is 0.473. The monoisotopic (exact) mass is 453 g/mol. The van der Waals surface area contributed by atoms with Crippen LogP contribution in [0.4, 0.5) is 10.1 Å². The first-order valence-corrected chi connectivity index (χ1v) is 10.7. The van der Waals surface area contributed by atoms with E-state index in [1.807, 2.05) is 0 Å². The van der Waals surface area contributed by atoms with Crippen LogP contribution < -0.4 is 10.1 Å². The highest BCUT2D eigenvalue weighted by atomic mass is 32.2. The summed E-state index contributed by atoms with van der Waals surface area (Å²) in [5, 5.41) is 14.0. The number of nitrogens with one attached hydrogen (secondary N) is 1. The largest absolute Gasteiger partial charge is 0.477 e. The molecule has 1 N–H and O–H groups in total. The number of nitro groups is 1. The molecule has 0 unspecified atom stereocenters. The summed E-state index contributed by atoms with van der Waals surface area (Å²) in [7, 11) is -3.92. The minimum absolute atomic E-state index is 0.126. The van der Waals surface area contributed by atoms with Crippen LogP contribution >= 0.6 is 0 Å². The fraction of sp³-hybridized carbons (Fsp3) is 0.316. The van der Waals surface area contributed by atoms with Crippen LogP contribution in [0.5, 0.6) is 5.75 Å². The van der Waals surface area contributed by atoms with E-state index in [-0.39, 0.29) is 43.5 Å². The number of carbonyl (C=O) groups excluding carboxylic acids is 1. The number of morpholine rings is 1. The average molecular weight is 453 g/mol. The lowest BCUT2D eigenvalue weighted by molar-refractivity contribution is -0.386. The summed E-state index contributed by atoms with van der Waals surface area (Å²) in [6, 6.07) is 8.80. The molecule has 10 nitrogen and oxygen atoms in total. The molecule has 0 radical (unpaired) electrons. The predicted octanol–water partition coefficient (Wildman–Crippen LogP) is 1.45. The number of rotatable bonds is 8. The van der Waals surface area contributed by atoms with Crippen LogP contribution in [0.1, 0.15) is 5.56 Å². The number of benzene rings is 2. The van der Waals surface area contributed by atoms with Crippen LogP contribution in [0.3, 0.4) is 0 Å². The fourth-order valence-electron chi connectivity index (χ4n) is 2.86. The highest BCUT2D eigenvalue weighted by Gasteiger charge is 2.29. The summed E-state index contributed by atoms with van der Waals surface area (Å²) in [6.45, 7) is 0.412. The van der Waals surface area contributed by atoms with Gasteiger partial charge in [-0.25, -0.2) is 12.8 Å². The number of halogens is 1. The molecule has 0 aromatic heterocycles. The third kappa shape index (κ3) is 5.75. The van der Waals surface area contributed by atoms with Gasteiger partial charge in [0.2, 0.25) is 10.0 Å². The standard InChI is InChI=1S/C19H20FN3O7S/c20-15-3-1-14(2-4-15)12-21-19(24)13-30-18-6-5-16(11-17(18)23(25)26)31(27,28)22-7-9-29-10-8-22/h1-6,11H,7-10,12-13H2,(H,21,24). The van der Waals surface area contributed by atoms with Crippen molar-refractivity contribution in [2.45, 2.75) is 11.4 Å². The molecule has 2 aromatic rings. The summed E-state index contributed by atoms with van der Waals surface area (Å²) < 4.78 is 49.9. The molecule has 1 amide bonds.